The molecule has 2 atom stereocenters. The molecule has 12 nitrogen and oxygen atoms in total. The molecule has 0 aliphatic heterocycles. The Labute approximate surface area is 354 Å². The molecule has 0 saturated carbocycles. The van der Waals surface area contributed by atoms with Crippen molar-refractivity contribution in [2.24, 2.45) is 9.54 Å². The van der Waals surface area contributed by atoms with Crippen molar-refractivity contribution < 1.29 is 177 Å². The molecule has 0 amide bonds. The summed E-state index contributed by atoms with van der Waals surface area (Å²) in [4.78, 5) is 29.4. The van der Waals surface area contributed by atoms with Gasteiger partial charge in [-0.1, -0.05) is 12.1 Å². The predicted molar refractivity (Wildman–Crippen MR) is 143 cm³/mol. The van der Waals surface area contributed by atoms with Crippen molar-refractivity contribution in [3.8, 4) is 11.8 Å². The molecule has 16 heteroatoms. The molecular weight excluding hydrogens is 790 g/mol. The molecule has 210 valence electrons. The van der Waals surface area contributed by atoms with E-state index in [9.17, 15) is 13.2 Å². The van der Waals surface area contributed by atoms with E-state index in [1.54, 1.807) is 37.4 Å². The summed E-state index contributed by atoms with van der Waals surface area (Å²) < 4.78 is 35.1. The molecule has 0 aromatic carbocycles. The van der Waals surface area contributed by atoms with Gasteiger partial charge in [-0.25, -0.2) is 18.4 Å². The molecular formula is C23H36Cs2N4O8S2. The van der Waals surface area contributed by atoms with E-state index in [4.69, 9.17) is 24.7 Å². The molecule has 0 saturated heterocycles. The molecule has 0 aliphatic rings. The number of hydrogen-bond acceptors (Lipinski definition) is 10. The van der Waals surface area contributed by atoms with E-state index in [1.165, 1.54) is 13.3 Å². The summed E-state index contributed by atoms with van der Waals surface area (Å²) in [6.07, 6.45) is 2.19. The number of carbonyl (C=O) groups excluding carboxylic acids is 2. The summed E-state index contributed by atoms with van der Waals surface area (Å²) in [5.41, 5.74) is 1.02. The predicted octanol–water partition coefficient (Wildman–Crippen LogP) is -4.16. The van der Waals surface area contributed by atoms with Crippen LogP contribution in [-0.4, -0.2) is 61.1 Å². The van der Waals surface area contributed by atoms with Gasteiger partial charge in [0.05, 0.1) is 46.6 Å². The molecule has 2 aromatic rings. The Bertz CT molecular complexity index is 1040. The zero-order chi connectivity index (χ0) is 29.1. The molecule has 0 bridgehead atoms. The number of nitrogens with two attached hydrogens (primary N) is 1. The summed E-state index contributed by atoms with van der Waals surface area (Å²) in [7, 11) is 0.622. The fraction of sp³-hybridized carbons (Fsp3) is 0.435. The standard InChI is InChI=1S/C11H16N2O2S.C7H7NO2.C4H11NOS.CH2O3.2Cs.H/c1-11(2,3)16(14)12-8-9-6-5-7-10(13-9)15-4;1-10-7-4-2-3-6(5-9)8-7;1-4(2,3)7(5)6;2-1-4-3;;;/h5-8H,1-4H3;2-5H,1H3;5H2,1-3H3;1,3H;;;/q;;;;2*+1;-1/p-1/t16-;;7-;;;;/m1.1..../s1. The number of hydrogen-bond donors (Lipinski definition) is 1. The van der Waals surface area contributed by atoms with Crippen molar-refractivity contribution in [2.75, 3.05) is 14.2 Å². The van der Waals surface area contributed by atoms with E-state index in [0.717, 1.165) is 0 Å². The van der Waals surface area contributed by atoms with E-state index in [1.807, 2.05) is 47.6 Å². The van der Waals surface area contributed by atoms with Crippen LogP contribution in [0.4, 0.5) is 0 Å². The summed E-state index contributed by atoms with van der Waals surface area (Å²) in [6, 6.07) is 10.4. The number of carbonyl (C=O) groups is 2. The van der Waals surface area contributed by atoms with Gasteiger partial charge in [-0.05, 0) is 53.7 Å². The monoisotopic (exact) mass is 826 g/mol. The van der Waals surface area contributed by atoms with Gasteiger partial charge in [0.15, 0.2) is 6.29 Å². The third kappa shape index (κ3) is 26.4. The number of aldehydes is 1. The van der Waals surface area contributed by atoms with Gasteiger partial charge in [0.25, 0.3) is 6.47 Å². The summed E-state index contributed by atoms with van der Waals surface area (Å²) in [6.45, 7) is 11.0. The van der Waals surface area contributed by atoms with Crippen LogP contribution in [0.15, 0.2) is 40.8 Å². The minimum Gasteiger partial charge on any atom is -1.00 e. The average Bonchev–Trinajstić information content (AvgIpc) is 2.87. The third-order valence-electron chi connectivity index (χ3n) is 3.48. The fourth-order valence-electron chi connectivity index (χ4n) is 1.49. The second kappa shape index (κ2) is 26.6. The number of pyridine rings is 2. The Hall–Kier alpha value is 1.03. The molecule has 0 fully saturated rings. The van der Waals surface area contributed by atoms with E-state index in [2.05, 4.69) is 19.3 Å². The molecule has 2 aromatic heterocycles. The van der Waals surface area contributed by atoms with E-state index < -0.39 is 22.0 Å². The summed E-state index contributed by atoms with van der Waals surface area (Å²) in [5, 5.41) is 13.5. The second-order valence-corrected chi connectivity index (χ2v) is 12.3. The summed E-state index contributed by atoms with van der Waals surface area (Å²) >= 11 is 0. The third-order valence-corrected chi connectivity index (χ3v) is 6.03. The largest absolute Gasteiger partial charge is 1.00 e. The Morgan fingerprint density at radius 1 is 0.872 bits per heavy atom. The van der Waals surface area contributed by atoms with E-state index >= 15 is 0 Å². The number of ether oxygens (including phenoxy) is 2. The SMILES string of the molecule is CC(C)(C)[S@](N)=O.COc1cccc(C=N[S@](=O)C(C)(C)C)n1.COc1cccc(C=O)n1.O=CO[O-].[Cs+].[Cs+].[H-]. The van der Waals surface area contributed by atoms with Crippen LogP contribution in [0.2, 0.25) is 0 Å². The minimum absolute atomic E-state index is 0. The smallest absolute Gasteiger partial charge is 1.00 e. The first-order valence-electron chi connectivity index (χ1n) is 10.5. The molecule has 2 N–H and O–H groups in total. The van der Waals surface area contributed by atoms with Crippen molar-refractivity contribution in [1.82, 2.24) is 9.97 Å². The van der Waals surface area contributed by atoms with Crippen molar-refractivity contribution in [2.45, 2.75) is 51.0 Å². The molecule has 0 aliphatic carbocycles. The first kappa shape index (κ1) is 47.0. The van der Waals surface area contributed by atoms with E-state index in [0.29, 0.717) is 29.4 Å². The van der Waals surface area contributed by atoms with Crippen LogP contribution >= 0.6 is 0 Å². The fourth-order valence-corrected chi connectivity index (χ4v) is 2.01. The van der Waals surface area contributed by atoms with Crippen LogP contribution in [0.25, 0.3) is 0 Å². The number of nitrogens with zero attached hydrogens (tertiary/aromatic N) is 3. The first-order chi connectivity index (χ1) is 17.2. The maximum atomic E-state index is 11.6. The van der Waals surface area contributed by atoms with Crippen LogP contribution in [0.5, 0.6) is 11.8 Å². The van der Waals surface area contributed by atoms with Crippen molar-refractivity contribution in [3.63, 3.8) is 0 Å². The molecule has 2 heterocycles. The Kier molecular flexibility index (Phi) is 32.1. The van der Waals surface area contributed by atoms with Crippen molar-refractivity contribution in [1.29, 1.82) is 0 Å². The first-order valence-corrected chi connectivity index (χ1v) is 12.8. The summed E-state index contributed by atoms with van der Waals surface area (Å²) in [5.74, 6) is 0.982. The number of methoxy groups -OCH3 is 2. The van der Waals surface area contributed by atoms with Crippen LogP contribution in [-0.2, 0) is 31.7 Å². The maximum absolute atomic E-state index is 11.6. The minimum atomic E-state index is -1.26. The van der Waals surface area contributed by atoms with Crippen LogP contribution in [0, 0.1) is 0 Å². The van der Waals surface area contributed by atoms with Crippen LogP contribution in [0.3, 0.4) is 0 Å². The van der Waals surface area contributed by atoms with Gasteiger partial charge in [0, 0.05) is 12.1 Å². The quantitative estimate of drug-likeness (QED) is 0.130. The molecule has 0 radical (unpaired) electrons. The molecule has 39 heavy (non-hydrogen) atoms. The Balaban J connectivity index is -0.000000148. The number of aromatic nitrogens is 2. The molecule has 0 spiro atoms. The number of rotatable bonds is 6. The van der Waals surface area contributed by atoms with Crippen LogP contribution in [0.1, 0.15) is 59.2 Å². The molecule has 0 unspecified atom stereocenters. The maximum Gasteiger partial charge on any atom is 1.00 e. The zero-order valence-corrected chi connectivity index (χ0v) is 38.4. The van der Waals surface area contributed by atoms with Gasteiger partial charge < -0.3 is 21.0 Å². The van der Waals surface area contributed by atoms with Gasteiger partial charge >= 0.3 is 138 Å². The van der Waals surface area contributed by atoms with E-state index in [-0.39, 0.29) is 155 Å². The van der Waals surface area contributed by atoms with Crippen LogP contribution < -0.4 is 158 Å². The average molecular weight is 827 g/mol. The van der Waals surface area contributed by atoms with Gasteiger partial charge in [-0.15, -0.1) is 0 Å². The van der Waals surface area contributed by atoms with Crippen molar-refractivity contribution >= 4 is 40.9 Å². The van der Waals surface area contributed by atoms with Gasteiger partial charge in [0.1, 0.15) is 16.7 Å². The Morgan fingerprint density at radius 3 is 1.56 bits per heavy atom. The van der Waals surface area contributed by atoms with Gasteiger partial charge in [-0.3, -0.25) is 14.7 Å². The zero-order valence-electron chi connectivity index (χ0n) is 25.2. The molecule has 2 rings (SSSR count). The second-order valence-electron chi connectivity index (χ2n) is 8.53. The van der Waals surface area contributed by atoms with Gasteiger partial charge in [0.2, 0.25) is 11.8 Å². The topological polar surface area (TPSA) is 183 Å². The van der Waals surface area contributed by atoms with Crippen molar-refractivity contribution in [3.05, 3.63) is 47.8 Å². The van der Waals surface area contributed by atoms with Gasteiger partial charge in [-0.2, -0.15) is 4.40 Å². The Morgan fingerprint density at radius 2 is 1.26 bits per heavy atom. The normalized spacial score (nSPS) is 11.5.